The summed E-state index contributed by atoms with van der Waals surface area (Å²) in [6.07, 6.45) is 0.556. The number of halogens is 5. The van der Waals surface area contributed by atoms with E-state index >= 15 is 0 Å². The molecule has 34 heavy (non-hydrogen) atoms. The number of amides is 1. The van der Waals surface area contributed by atoms with Gasteiger partial charge < -0.3 is 9.32 Å². The maximum Gasteiger partial charge on any atom is 0.420 e. The van der Waals surface area contributed by atoms with Crippen molar-refractivity contribution in [3.63, 3.8) is 0 Å². The minimum Gasteiger partial charge on any atom is -0.472 e. The van der Waals surface area contributed by atoms with E-state index in [-0.39, 0.29) is 28.1 Å². The molecular formula is C24H18ClF4N3O2. The van der Waals surface area contributed by atoms with E-state index in [9.17, 15) is 22.4 Å². The Morgan fingerprint density at radius 1 is 1.12 bits per heavy atom. The van der Waals surface area contributed by atoms with Gasteiger partial charge in [-0.05, 0) is 48.6 Å². The first kappa shape index (κ1) is 22.5. The lowest BCUT2D eigenvalue weighted by Crippen LogP contribution is -2.38. The number of carbonyl (C=O) groups excluding carboxylic acids is 1. The molecule has 3 aromatic heterocycles. The average Bonchev–Trinajstić information content (AvgIpc) is 3.46. The fourth-order valence-corrected chi connectivity index (χ4v) is 4.63. The number of furan rings is 1. The summed E-state index contributed by atoms with van der Waals surface area (Å²) in [4.78, 5) is 18.7. The molecule has 5 nitrogen and oxygen atoms in total. The van der Waals surface area contributed by atoms with Gasteiger partial charge in [0.05, 0.1) is 18.1 Å². The van der Waals surface area contributed by atoms with E-state index in [1.54, 1.807) is 6.07 Å². The number of aromatic nitrogens is 2. The van der Waals surface area contributed by atoms with Crippen LogP contribution in [0, 0.1) is 5.82 Å². The smallest absolute Gasteiger partial charge is 0.420 e. The third-order valence-corrected chi connectivity index (χ3v) is 6.49. The van der Waals surface area contributed by atoms with Crippen molar-refractivity contribution in [2.75, 3.05) is 13.1 Å². The second-order valence-electron chi connectivity index (χ2n) is 8.22. The molecule has 1 amide bonds. The molecule has 1 aromatic carbocycles. The zero-order valence-corrected chi connectivity index (χ0v) is 18.4. The van der Waals surface area contributed by atoms with Gasteiger partial charge in [-0.3, -0.25) is 9.20 Å². The van der Waals surface area contributed by atoms with Crippen LogP contribution in [0.1, 0.15) is 40.4 Å². The highest BCUT2D eigenvalue weighted by Crippen LogP contribution is 2.37. The minimum atomic E-state index is -4.71. The number of hydrogen-bond acceptors (Lipinski definition) is 3. The van der Waals surface area contributed by atoms with E-state index < -0.39 is 23.3 Å². The Morgan fingerprint density at radius 2 is 1.88 bits per heavy atom. The van der Waals surface area contributed by atoms with Crippen LogP contribution in [0.15, 0.2) is 59.5 Å². The van der Waals surface area contributed by atoms with E-state index in [0.29, 0.717) is 31.5 Å². The maximum absolute atomic E-state index is 13.8. The van der Waals surface area contributed by atoms with Crippen molar-refractivity contribution >= 4 is 23.2 Å². The van der Waals surface area contributed by atoms with Crippen LogP contribution in [0.2, 0.25) is 5.15 Å². The summed E-state index contributed by atoms with van der Waals surface area (Å²) < 4.78 is 61.1. The van der Waals surface area contributed by atoms with Crippen LogP contribution in [-0.2, 0) is 6.18 Å². The molecule has 0 saturated carbocycles. The quantitative estimate of drug-likeness (QED) is 0.310. The highest BCUT2D eigenvalue weighted by Gasteiger charge is 2.37. The summed E-state index contributed by atoms with van der Waals surface area (Å²) in [5.74, 6) is -0.766. The second-order valence-corrected chi connectivity index (χ2v) is 8.58. The van der Waals surface area contributed by atoms with Crippen LogP contribution < -0.4 is 0 Å². The van der Waals surface area contributed by atoms with Gasteiger partial charge in [0.2, 0.25) is 0 Å². The van der Waals surface area contributed by atoms with Gasteiger partial charge in [-0.25, -0.2) is 9.37 Å². The molecule has 4 aromatic rings. The number of carbonyl (C=O) groups is 1. The molecule has 5 rings (SSSR count). The van der Waals surface area contributed by atoms with Crippen LogP contribution in [0.25, 0.3) is 16.8 Å². The molecule has 0 unspecified atom stereocenters. The number of piperidine rings is 1. The van der Waals surface area contributed by atoms with Crippen LogP contribution in [0.4, 0.5) is 17.6 Å². The van der Waals surface area contributed by atoms with Crippen molar-refractivity contribution < 1.29 is 26.8 Å². The predicted octanol–water partition coefficient (Wildman–Crippen LogP) is 6.43. The van der Waals surface area contributed by atoms with Gasteiger partial charge >= 0.3 is 6.18 Å². The largest absolute Gasteiger partial charge is 0.472 e. The number of benzene rings is 1. The van der Waals surface area contributed by atoms with Gasteiger partial charge in [0.25, 0.3) is 5.91 Å². The molecule has 1 fully saturated rings. The number of likely N-dealkylation sites (tertiary alicyclic amines) is 1. The highest BCUT2D eigenvalue weighted by molar-refractivity contribution is 6.33. The van der Waals surface area contributed by atoms with Crippen molar-refractivity contribution in [2.24, 2.45) is 0 Å². The Hall–Kier alpha value is -3.33. The summed E-state index contributed by atoms with van der Waals surface area (Å²) in [5, 5.41) is -0.192. The molecule has 176 valence electrons. The molecule has 0 aliphatic carbocycles. The number of alkyl halides is 3. The molecule has 4 heterocycles. The summed E-state index contributed by atoms with van der Waals surface area (Å²) in [7, 11) is 0. The Kier molecular flexibility index (Phi) is 5.59. The van der Waals surface area contributed by atoms with Crippen LogP contribution >= 0.6 is 11.6 Å². The Morgan fingerprint density at radius 3 is 2.53 bits per heavy atom. The third kappa shape index (κ3) is 4.04. The summed E-state index contributed by atoms with van der Waals surface area (Å²) in [5.41, 5.74) is -0.160. The van der Waals surface area contributed by atoms with Crippen molar-refractivity contribution in [1.29, 1.82) is 0 Å². The van der Waals surface area contributed by atoms with Crippen LogP contribution in [0.3, 0.4) is 0 Å². The van der Waals surface area contributed by atoms with Crippen molar-refractivity contribution in [2.45, 2.75) is 24.9 Å². The lowest BCUT2D eigenvalue weighted by molar-refractivity contribution is -0.136. The van der Waals surface area contributed by atoms with E-state index in [4.69, 9.17) is 16.0 Å². The molecule has 0 radical (unpaired) electrons. The topological polar surface area (TPSA) is 50.8 Å². The van der Waals surface area contributed by atoms with E-state index in [1.807, 2.05) is 6.07 Å². The molecule has 0 bridgehead atoms. The number of hydrogen-bond donors (Lipinski definition) is 0. The average molecular weight is 492 g/mol. The van der Waals surface area contributed by atoms with Crippen molar-refractivity contribution in [1.82, 2.24) is 14.3 Å². The number of rotatable bonds is 3. The van der Waals surface area contributed by atoms with Gasteiger partial charge in [0.15, 0.2) is 11.3 Å². The van der Waals surface area contributed by atoms with E-state index in [0.717, 1.165) is 16.0 Å². The van der Waals surface area contributed by atoms with Gasteiger partial charge in [0.1, 0.15) is 11.0 Å². The van der Waals surface area contributed by atoms with Crippen molar-refractivity contribution in [3.8, 4) is 11.1 Å². The number of imidazole rings is 1. The summed E-state index contributed by atoms with van der Waals surface area (Å²) in [6, 6.07) is 8.84. The molecule has 0 atom stereocenters. The summed E-state index contributed by atoms with van der Waals surface area (Å²) >= 11 is 6.39. The fourth-order valence-electron chi connectivity index (χ4n) is 4.37. The Bertz CT molecular complexity index is 1360. The van der Waals surface area contributed by atoms with E-state index in [1.165, 1.54) is 41.8 Å². The van der Waals surface area contributed by atoms with Gasteiger partial charge in [0, 0.05) is 30.4 Å². The highest BCUT2D eigenvalue weighted by atomic mass is 35.5. The molecule has 0 N–H and O–H groups in total. The zero-order valence-electron chi connectivity index (χ0n) is 17.6. The molecule has 1 saturated heterocycles. The van der Waals surface area contributed by atoms with Crippen LogP contribution in [0.5, 0.6) is 0 Å². The van der Waals surface area contributed by atoms with Gasteiger partial charge in [-0.1, -0.05) is 23.7 Å². The van der Waals surface area contributed by atoms with Gasteiger partial charge in [-0.2, -0.15) is 13.2 Å². The molecule has 1 aliphatic rings. The number of nitrogens with zero attached hydrogens (tertiary/aromatic N) is 3. The normalized spacial score (nSPS) is 15.3. The first-order chi connectivity index (χ1) is 16.2. The lowest BCUT2D eigenvalue weighted by Gasteiger charge is -2.32. The van der Waals surface area contributed by atoms with Crippen LogP contribution in [-0.4, -0.2) is 33.3 Å². The number of fused-ring (bicyclic) bond motifs is 1. The Labute approximate surface area is 196 Å². The number of pyridine rings is 1. The third-order valence-electron chi connectivity index (χ3n) is 6.13. The molecule has 10 heteroatoms. The molecule has 1 aliphatic heterocycles. The van der Waals surface area contributed by atoms with Crippen molar-refractivity contribution in [3.05, 3.63) is 82.9 Å². The maximum atomic E-state index is 13.8. The SMILES string of the molecule is O=C(c1nc2c(C(F)(F)F)cc(-c3ccoc3)cn2c1Cl)N1CCC(c2cccc(F)c2)CC1. The zero-order chi connectivity index (χ0) is 24.0. The lowest BCUT2D eigenvalue weighted by atomic mass is 9.89. The summed E-state index contributed by atoms with van der Waals surface area (Å²) in [6.45, 7) is 0.715. The van der Waals surface area contributed by atoms with E-state index in [2.05, 4.69) is 4.98 Å². The second kappa shape index (κ2) is 8.47. The first-order valence-electron chi connectivity index (χ1n) is 10.6. The standard InChI is InChI=1S/C24H18ClF4N3O2/c25-21-20(23(33)31-7-4-14(5-8-31)15-2-1-3-18(26)10-15)30-22-19(24(27,28)29)11-17(12-32(21)22)16-6-9-34-13-16/h1-3,6,9-14H,4-5,7-8H2. The first-order valence-corrected chi connectivity index (χ1v) is 11.0. The predicted molar refractivity (Wildman–Crippen MR) is 117 cm³/mol. The fraction of sp³-hybridized carbons (Fsp3) is 0.250. The molecule has 0 spiro atoms. The molecular weight excluding hydrogens is 474 g/mol. The Balaban J connectivity index is 1.46. The van der Waals surface area contributed by atoms with Gasteiger partial charge in [-0.15, -0.1) is 0 Å². The monoisotopic (exact) mass is 491 g/mol. The minimum absolute atomic E-state index is 0.0886.